The predicted octanol–water partition coefficient (Wildman–Crippen LogP) is 0.798. The first-order chi connectivity index (χ1) is 8.04. The van der Waals surface area contributed by atoms with Crippen LogP contribution < -0.4 is 16.8 Å². The number of carbonyl (C=O) groups is 1. The van der Waals surface area contributed by atoms with Gasteiger partial charge in [-0.3, -0.25) is 4.79 Å². The summed E-state index contributed by atoms with van der Waals surface area (Å²) in [6.07, 6.45) is 0.710. The minimum Gasteiger partial charge on any atom is -0.399 e. The van der Waals surface area contributed by atoms with E-state index in [9.17, 15) is 4.79 Å². The molecule has 0 saturated carbocycles. The molecule has 1 atom stereocenters. The minimum absolute atomic E-state index is 0.155. The van der Waals surface area contributed by atoms with Gasteiger partial charge in [-0.15, -0.1) is 0 Å². The second-order valence-corrected chi connectivity index (χ2v) is 4.17. The van der Waals surface area contributed by atoms with Gasteiger partial charge in [0.05, 0.1) is 5.56 Å². The molecule has 0 aliphatic carbocycles. The van der Waals surface area contributed by atoms with E-state index in [0.717, 1.165) is 0 Å². The molecule has 0 radical (unpaired) electrons. The van der Waals surface area contributed by atoms with Crippen LogP contribution in [-0.2, 0) is 0 Å². The monoisotopic (exact) mass is 237 g/mol. The first kappa shape index (κ1) is 13.3. The molecule has 6 N–H and O–H groups in total. The number of hydrogen-bond acceptors (Lipinski definition) is 4. The first-order valence-corrected chi connectivity index (χ1v) is 5.58. The lowest BCUT2D eigenvalue weighted by molar-refractivity contribution is 0.100. The lowest BCUT2D eigenvalue weighted by Crippen LogP contribution is -2.18. The van der Waals surface area contributed by atoms with Crippen molar-refractivity contribution in [1.29, 1.82) is 0 Å². The summed E-state index contributed by atoms with van der Waals surface area (Å²) in [7, 11) is 0. The standard InChI is InChI=1S/C12H19N3O2/c1-8(4-5-16)7-15-11-6-9(13)2-3-10(11)12(14)17/h2-3,6,8,15-16H,4-5,7,13H2,1H3,(H2,14,17). The van der Waals surface area contributed by atoms with Gasteiger partial charge in [0.25, 0.3) is 5.91 Å². The van der Waals surface area contributed by atoms with Crippen LogP contribution in [-0.4, -0.2) is 24.2 Å². The summed E-state index contributed by atoms with van der Waals surface area (Å²) in [5.41, 5.74) is 12.6. The van der Waals surface area contributed by atoms with Gasteiger partial charge < -0.3 is 21.9 Å². The highest BCUT2D eigenvalue weighted by Gasteiger charge is 2.09. The molecule has 1 rings (SSSR count). The van der Waals surface area contributed by atoms with Gasteiger partial charge in [0, 0.05) is 24.5 Å². The largest absolute Gasteiger partial charge is 0.399 e. The molecule has 1 amide bonds. The summed E-state index contributed by atoms with van der Waals surface area (Å²) in [4.78, 5) is 11.2. The van der Waals surface area contributed by atoms with Gasteiger partial charge >= 0.3 is 0 Å². The summed E-state index contributed by atoms with van der Waals surface area (Å²) < 4.78 is 0. The Kier molecular flexibility index (Phi) is 4.78. The number of amides is 1. The number of hydrogen-bond donors (Lipinski definition) is 4. The molecule has 0 heterocycles. The Hall–Kier alpha value is -1.75. The van der Waals surface area contributed by atoms with E-state index in [1.54, 1.807) is 18.2 Å². The van der Waals surface area contributed by atoms with Crippen molar-refractivity contribution in [2.45, 2.75) is 13.3 Å². The van der Waals surface area contributed by atoms with E-state index in [1.807, 2.05) is 6.92 Å². The van der Waals surface area contributed by atoms with Crippen molar-refractivity contribution in [2.75, 3.05) is 24.2 Å². The number of benzene rings is 1. The smallest absolute Gasteiger partial charge is 0.250 e. The Morgan fingerprint density at radius 2 is 2.24 bits per heavy atom. The van der Waals surface area contributed by atoms with Crippen molar-refractivity contribution in [3.8, 4) is 0 Å². The summed E-state index contributed by atoms with van der Waals surface area (Å²) in [6, 6.07) is 4.94. The fourth-order valence-electron chi connectivity index (χ4n) is 1.53. The van der Waals surface area contributed by atoms with Crippen molar-refractivity contribution in [2.24, 2.45) is 11.7 Å². The molecule has 1 aromatic rings. The third kappa shape index (κ3) is 3.96. The topological polar surface area (TPSA) is 101 Å². The van der Waals surface area contributed by atoms with Crippen LogP contribution in [0.3, 0.4) is 0 Å². The van der Waals surface area contributed by atoms with Crippen LogP contribution in [0.25, 0.3) is 0 Å². The molecule has 1 aromatic carbocycles. The maximum atomic E-state index is 11.2. The highest BCUT2D eigenvalue weighted by molar-refractivity contribution is 5.99. The predicted molar refractivity (Wildman–Crippen MR) is 68.7 cm³/mol. The molecule has 17 heavy (non-hydrogen) atoms. The summed E-state index contributed by atoms with van der Waals surface area (Å²) in [5, 5.41) is 11.9. The Balaban J connectivity index is 2.75. The van der Waals surface area contributed by atoms with E-state index in [-0.39, 0.29) is 6.61 Å². The quantitative estimate of drug-likeness (QED) is 0.549. The lowest BCUT2D eigenvalue weighted by Gasteiger charge is -2.14. The fraction of sp³-hybridized carbons (Fsp3) is 0.417. The normalized spacial score (nSPS) is 12.1. The number of aliphatic hydroxyl groups is 1. The average Bonchev–Trinajstić information content (AvgIpc) is 2.26. The number of carbonyl (C=O) groups excluding carboxylic acids is 1. The van der Waals surface area contributed by atoms with Crippen molar-refractivity contribution in [3.05, 3.63) is 23.8 Å². The Morgan fingerprint density at radius 1 is 1.53 bits per heavy atom. The molecule has 1 unspecified atom stereocenters. The van der Waals surface area contributed by atoms with Crippen LogP contribution in [0.4, 0.5) is 11.4 Å². The summed E-state index contributed by atoms with van der Waals surface area (Å²) in [6.45, 7) is 2.83. The number of primary amides is 1. The molecule has 5 nitrogen and oxygen atoms in total. The SMILES string of the molecule is CC(CCO)CNc1cc(N)ccc1C(N)=O. The molecule has 94 valence electrons. The van der Waals surface area contributed by atoms with Gasteiger partial charge in [-0.2, -0.15) is 0 Å². The highest BCUT2D eigenvalue weighted by atomic mass is 16.3. The molecule has 0 spiro atoms. The van der Waals surface area contributed by atoms with Crippen molar-refractivity contribution < 1.29 is 9.90 Å². The second-order valence-electron chi connectivity index (χ2n) is 4.17. The number of aliphatic hydroxyl groups excluding tert-OH is 1. The number of rotatable bonds is 6. The second kappa shape index (κ2) is 6.10. The minimum atomic E-state index is -0.484. The van der Waals surface area contributed by atoms with E-state index >= 15 is 0 Å². The summed E-state index contributed by atoms with van der Waals surface area (Å²) >= 11 is 0. The average molecular weight is 237 g/mol. The number of anilines is 2. The Bertz CT molecular complexity index is 393. The Labute approximate surface area is 101 Å². The van der Waals surface area contributed by atoms with Crippen molar-refractivity contribution in [3.63, 3.8) is 0 Å². The van der Waals surface area contributed by atoms with Gasteiger partial charge in [-0.05, 0) is 30.5 Å². The van der Waals surface area contributed by atoms with E-state index in [2.05, 4.69) is 5.32 Å². The molecule has 5 heteroatoms. The van der Waals surface area contributed by atoms with Gasteiger partial charge in [0.2, 0.25) is 0 Å². The lowest BCUT2D eigenvalue weighted by atomic mass is 10.1. The van der Waals surface area contributed by atoms with Gasteiger partial charge in [0.15, 0.2) is 0 Å². The van der Waals surface area contributed by atoms with Crippen LogP contribution in [0.2, 0.25) is 0 Å². The maximum absolute atomic E-state index is 11.2. The molecule has 0 aliphatic heterocycles. The van der Waals surface area contributed by atoms with Crippen LogP contribution in [0.1, 0.15) is 23.7 Å². The van der Waals surface area contributed by atoms with Crippen LogP contribution in [0.15, 0.2) is 18.2 Å². The van der Waals surface area contributed by atoms with Gasteiger partial charge in [-0.25, -0.2) is 0 Å². The first-order valence-electron chi connectivity index (χ1n) is 5.58. The number of nitrogens with one attached hydrogen (secondary N) is 1. The molecular formula is C12H19N3O2. The van der Waals surface area contributed by atoms with E-state index in [1.165, 1.54) is 0 Å². The fourth-order valence-corrected chi connectivity index (χ4v) is 1.53. The Morgan fingerprint density at radius 3 is 2.82 bits per heavy atom. The zero-order valence-corrected chi connectivity index (χ0v) is 9.94. The molecule has 0 aromatic heterocycles. The summed E-state index contributed by atoms with van der Waals surface area (Å²) in [5.74, 6) is -0.176. The van der Waals surface area contributed by atoms with E-state index < -0.39 is 5.91 Å². The molecule has 0 saturated heterocycles. The molecule has 0 bridgehead atoms. The molecule has 0 aliphatic rings. The van der Waals surface area contributed by atoms with Gasteiger partial charge in [-0.1, -0.05) is 6.92 Å². The van der Waals surface area contributed by atoms with E-state index in [4.69, 9.17) is 16.6 Å². The van der Waals surface area contributed by atoms with E-state index in [0.29, 0.717) is 35.8 Å². The molecule has 0 fully saturated rings. The third-order valence-electron chi connectivity index (χ3n) is 2.57. The zero-order valence-electron chi connectivity index (χ0n) is 9.94. The van der Waals surface area contributed by atoms with Crippen LogP contribution in [0, 0.1) is 5.92 Å². The highest BCUT2D eigenvalue weighted by Crippen LogP contribution is 2.19. The zero-order chi connectivity index (χ0) is 12.8. The maximum Gasteiger partial charge on any atom is 0.250 e. The van der Waals surface area contributed by atoms with Crippen LogP contribution in [0.5, 0.6) is 0 Å². The van der Waals surface area contributed by atoms with Gasteiger partial charge in [0.1, 0.15) is 0 Å². The van der Waals surface area contributed by atoms with Crippen molar-refractivity contribution in [1.82, 2.24) is 0 Å². The van der Waals surface area contributed by atoms with Crippen LogP contribution >= 0.6 is 0 Å². The third-order valence-corrected chi connectivity index (χ3v) is 2.57. The number of nitrogens with two attached hydrogens (primary N) is 2. The molecular weight excluding hydrogens is 218 g/mol. The number of nitrogen functional groups attached to an aromatic ring is 1. The van der Waals surface area contributed by atoms with Crippen molar-refractivity contribution >= 4 is 17.3 Å².